The van der Waals surface area contributed by atoms with Gasteiger partial charge in [-0.25, -0.2) is 0 Å². The molecule has 0 saturated carbocycles. The Balaban J connectivity index is 2.75. The number of hydrogen-bond donors (Lipinski definition) is 1. The summed E-state index contributed by atoms with van der Waals surface area (Å²) in [7, 11) is 0. The Kier molecular flexibility index (Phi) is 4.00. The van der Waals surface area contributed by atoms with Crippen molar-refractivity contribution in [3.63, 3.8) is 0 Å². The standard InChI is InChI=1S/C11H13NO3/c1-2-3-4-11(13)9-5-7-10(8-6-9)12(14)15/h2-3,5-8,11,13H,4H2,1H3/b3-2-. The monoisotopic (exact) mass is 207 g/mol. The normalized spacial score (nSPS) is 12.9. The Labute approximate surface area is 88.0 Å². The van der Waals surface area contributed by atoms with Crippen LogP contribution in [-0.4, -0.2) is 10.0 Å². The molecule has 0 aromatic heterocycles. The van der Waals surface area contributed by atoms with Crippen LogP contribution in [0.1, 0.15) is 25.0 Å². The molecule has 0 aliphatic carbocycles. The van der Waals surface area contributed by atoms with E-state index in [9.17, 15) is 15.2 Å². The quantitative estimate of drug-likeness (QED) is 0.469. The molecule has 0 fully saturated rings. The van der Waals surface area contributed by atoms with E-state index in [1.807, 2.05) is 19.1 Å². The average Bonchev–Trinajstić information content (AvgIpc) is 2.26. The van der Waals surface area contributed by atoms with Crippen molar-refractivity contribution in [3.8, 4) is 0 Å². The van der Waals surface area contributed by atoms with Crippen molar-refractivity contribution in [1.29, 1.82) is 0 Å². The van der Waals surface area contributed by atoms with Gasteiger partial charge in [-0.1, -0.05) is 12.2 Å². The fraction of sp³-hybridized carbons (Fsp3) is 0.273. The minimum absolute atomic E-state index is 0.0389. The van der Waals surface area contributed by atoms with Gasteiger partial charge >= 0.3 is 0 Å². The topological polar surface area (TPSA) is 63.4 Å². The Morgan fingerprint density at radius 2 is 2.07 bits per heavy atom. The van der Waals surface area contributed by atoms with Gasteiger partial charge in [0.1, 0.15) is 0 Å². The first kappa shape index (κ1) is 11.4. The molecule has 4 heteroatoms. The summed E-state index contributed by atoms with van der Waals surface area (Å²) in [4.78, 5) is 9.93. The highest BCUT2D eigenvalue weighted by molar-refractivity contribution is 5.33. The lowest BCUT2D eigenvalue weighted by molar-refractivity contribution is -0.384. The molecular formula is C11H13NO3. The van der Waals surface area contributed by atoms with E-state index in [1.54, 1.807) is 12.1 Å². The Bertz CT molecular complexity index is 357. The van der Waals surface area contributed by atoms with Gasteiger partial charge in [0.15, 0.2) is 0 Å². The van der Waals surface area contributed by atoms with Crippen LogP contribution in [0.5, 0.6) is 0 Å². The van der Waals surface area contributed by atoms with Crippen LogP contribution in [0.2, 0.25) is 0 Å². The zero-order valence-corrected chi connectivity index (χ0v) is 8.46. The lowest BCUT2D eigenvalue weighted by Gasteiger charge is -2.07. The van der Waals surface area contributed by atoms with Crippen LogP contribution in [0.4, 0.5) is 5.69 Å². The molecule has 0 amide bonds. The molecule has 1 rings (SSSR count). The fourth-order valence-corrected chi connectivity index (χ4v) is 1.22. The van der Waals surface area contributed by atoms with Gasteiger partial charge in [-0.3, -0.25) is 10.1 Å². The molecule has 0 spiro atoms. The van der Waals surface area contributed by atoms with Gasteiger partial charge < -0.3 is 5.11 Å². The van der Waals surface area contributed by atoms with Gasteiger partial charge in [0.25, 0.3) is 5.69 Å². The minimum Gasteiger partial charge on any atom is -0.388 e. The van der Waals surface area contributed by atoms with E-state index in [1.165, 1.54) is 12.1 Å². The molecule has 0 aliphatic rings. The average molecular weight is 207 g/mol. The van der Waals surface area contributed by atoms with Crippen molar-refractivity contribution in [2.24, 2.45) is 0 Å². The SMILES string of the molecule is C/C=C\CC(O)c1ccc([N+](=O)[O-])cc1. The summed E-state index contributed by atoms with van der Waals surface area (Å²) in [5.41, 5.74) is 0.732. The van der Waals surface area contributed by atoms with Crippen LogP contribution < -0.4 is 0 Å². The molecule has 15 heavy (non-hydrogen) atoms. The maximum absolute atomic E-state index is 10.4. The molecule has 80 valence electrons. The summed E-state index contributed by atoms with van der Waals surface area (Å²) in [5, 5.41) is 20.0. The van der Waals surface area contributed by atoms with Crippen molar-refractivity contribution < 1.29 is 10.0 Å². The number of rotatable bonds is 4. The van der Waals surface area contributed by atoms with Gasteiger partial charge in [-0.2, -0.15) is 0 Å². The summed E-state index contributed by atoms with van der Waals surface area (Å²) in [6, 6.07) is 5.95. The second-order valence-corrected chi connectivity index (χ2v) is 3.17. The number of non-ortho nitro benzene ring substituents is 1. The van der Waals surface area contributed by atoms with Crippen molar-refractivity contribution in [2.45, 2.75) is 19.4 Å². The van der Waals surface area contributed by atoms with Gasteiger partial charge in [0.2, 0.25) is 0 Å². The molecule has 1 aromatic rings. The van der Waals surface area contributed by atoms with Crippen LogP contribution in [0.25, 0.3) is 0 Å². The largest absolute Gasteiger partial charge is 0.388 e. The van der Waals surface area contributed by atoms with E-state index in [4.69, 9.17) is 0 Å². The highest BCUT2D eigenvalue weighted by Gasteiger charge is 2.08. The molecule has 0 radical (unpaired) electrons. The van der Waals surface area contributed by atoms with Gasteiger partial charge in [0, 0.05) is 12.1 Å². The molecule has 4 nitrogen and oxygen atoms in total. The van der Waals surface area contributed by atoms with E-state index >= 15 is 0 Å². The van der Waals surface area contributed by atoms with Crippen LogP contribution in [-0.2, 0) is 0 Å². The second-order valence-electron chi connectivity index (χ2n) is 3.17. The van der Waals surface area contributed by atoms with E-state index in [2.05, 4.69) is 0 Å². The number of nitro groups is 1. The number of benzene rings is 1. The summed E-state index contributed by atoms with van der Waals surface area (Å²) >= 11 is 0. The summed E-state index contributed by atoms with van der Waals surface area (Å²) in [6.07, 6.45) is 3.64. The van der Waals surface area contributed by atoms with Gasteiger partial charge in [-0.15, -0.1) is 0 Å². The number of aliphatic hydroxyl groups excluding tert-OH is 1. The van der Waals surface area contributed by atoms with Gasteiger partial charge in [-0.05, 0) is 31.0 Å². The number of allylic oxidation sites excluding steroid dienone is 1. The number of nitrogens with zero attached hydrogens (tertiary/aromatic N) is 1. The Morgan fingerprint density at radius 1 is 1.47 bits per heavy atom. The molecule has 1 unspecified atom stereocenters. The fourth-order valence-electron chi connectivity index (χ4n) is 1.22. The Morgan fingerprint density at radius 3 is 2.53 bits per heavy atom. The van der Waals surface area contributed by atoms with Crippen LogP contribution >= 0.6 is 0 Å². The highest BCUT2D eigenvalue weighted by atomic mass is 16.6. The van der Waals surface area contributed by atoms with Crippen molar-refractivity contribution in [3.05, 3.63) is 52.1 Å². The lowest BCUT2D eigenvalue weighted by Crippen LogP contribution is -1.96. The number of hydrogen-bond acceptors (Lipinski definition) is 3. The predicted octanol–water partition coefficient (Wildman–Crippen LogP) is 2.59. The molecule has 0 saturated heterocycles. The van der Waals surface area contributed by atoms with Crippen molar-refractivity contribution in [2.75, 3.05) is 0 Å². The molecule has 0 heterocycles. The van der Waals surface area contributed by atoms with E-state index in [-0.39, 0.29) is 5.69 Å². The van der Waals surface area contributed by atoms with E-state index < -0.39 is 11.0 Å². The molecule has 1 aromatic carbocycles. The van der Waals surface area contributed by atoms with Crippen LogP contribution in [0, 0.1) is 10.1 Å². The zero-order valence-electron chi connectivity index (χ0n) is 8.46. The third-order valence-corrected chi connectivity index (χ3v) is 2.08. The summed E-state index contributed by atoms with van der Waals surface area (Å²) in [6.45, 7) is 1.88. The first-order valence-corrected chi connectivity index (χ1v) is 4.68. The maximum Gasteiger partial charge on any atom is 0.269 e. The molecule has 0 bridgehead atoms. The van der Waals surface area contributed by atoms with Gasteiger partial charge in [0.05, 0.1) is 11.0 Å². The molecular weight excluding hydrogens is 194 g/mol. The first-order chi connectivity index (χ1) is 7.15. The Hall–Kier alpha value is -1.68. The van der Waals surface area contributed by atoms with E-state index in [0.29, 0.717) is 12.0 Å². The third-order valence-electron chi connectivity index (χ3n) is 2.08. The highest BCUT2D eigenvalue weighted by Crippen LogP contribution is 2.20. The lowest BCUT2D eigenvalue weighted by atomic mass is 10.1. The predicted molar refractivity (Wildman–Crippen MR) is 57.5 cm³/mol. The van der Waals surface area contributed by atoms with Crippen molar-refractivity contribution in [1.82, 2.24) is 0 Å². The smallest absolute Gasteiger partial charge is 0.269 e. The summed E-state index contributed by atoms with van der Waals surface area (Å²) < 4.78 is 0. The maximum atomic E-state index is 10.4. The van der Waals surface area contributed by atoms with Crippen LogP contribution in [0.3, 0.4) is 0 Å². The first-order valence-electron chi connectivity index (χ1n) is 4.68. The zero-order chi connectivity index (χ0) is 11.3. The number of nitro benzene ring substituents is 1. The second kappa shape index (κ2) is 5.26. The van der Waals surface area contributed by atoms with Crippen molar-refractivity contribution >= 4 is 5.69 Å². The molecule has 1 N–H and O–H groups in total. The molecule has 1 atom stereocenters. The van der Waals surface area contributed by atoms with E-state index in [0.717, 1.165) is 0 Å². The molecule has 0 aliphatic heterocycles. The minimum atomic E-state index is -0.595. The summed E-state index contributed by atoms with van der Waals surface area (Å²) in [5.74, 6) is 0. The number of aliphatic hydroxyl groups is 1. The van der Waals surface area contributed by atoms with Crippen LogP contribution in [0.15, 0.2) is 36.4 Å². The third kappa shape index (κ3) is 3.18.